The molecule has 1 aliphatic rings. The summed E-state index contributed by atoms with van der Waals surface area (Å²) < 4.78 is 5.30. The van der Waals surface area contributed by atoms with Crippen molar-refractivity contribution in [2.24, 2.45) is 4.99 Å². The highest BCUT2D eigenvalue weighted by atomic mass is 127. The van der Waals surface area contributed by atoms with Gasteiger partial charge in [0.25, 0.3) is 0 Å². The molecular formula is C22H29IN4O2. The van der Waals surface area contributed by atoms with Gasteiger partial charge in [-0.15, -0.1) is 24.0 Å². The summed E-state index contributed by atoms with van der Waals surface area (Å²) in [5.41, 5.74) is 4.39. The van der Waals surface area contributed by atoms with Crippen LogP contribution in [-0.4, -0.2) is 32.6 Å². The lowest BCUT2D eigenvalue weighted by atomic mass is 10.1. The van der Waals surface area contributed by atoms with Crippen molar-refractivity contribution < 1.29 is 9.53 Å². The maximum atomic E-state index is 11.8. The first-order chi connectivity index (χ1) is 13.6. The molecule has 1 heterocycles. The molecule has 1 saturated heterocycles. The molecule has 1 aliphatic heterocycles. The molecule has 0 atom stereocenters. The first-order valence-corrected chi connectivity index (χ1v) is 9.58. The van der Waals surface area contributed by atoms with Gasteiger partial charge in [0, 0.05) is 38.8 Å². The summed E-state index contributed by atoms with van der Waals surface area (Å²) in [5.74, 6) is 1.85. The van der Waals surface area contributed by atoms with Gasteiger partial charge in [0.15, 0.2) is 5.96 Å². The molecule has 29 heavy (non-hydrogen) atoms. The molecule has 0 radical (unpaired) electrons. The third-order valence-corrected chi connectivity index (χ3v) is 4.92. The van der Waals surface area contributed by atoms with E-state index < -0.39 is 0 Å². The summed E-state index contributed by atoms with van der Waals surface area (Å²) in [4.78, 5) is 18.0. The van der Waals surface area contributed by atoms with Crippen molar-refractivity contribution in [2.75, 3.05) is 25.6 Å². The molecule has 3 rings (SSSR count). The zero-order valence-corrected chi connectivity index (χ0v) is 19.5. The van der Waals surface area contributed by atoms with Crippen LogP contribution in [-0.2, 0) is 17.9 Å². The van der Waals surface area contributed by atoms with Gasteiger partial charge >= 0.3 is 0 Å². The molecule has 2 aromatic rings. The van der Waals surface area contributed by atoms with E-state index in [0.717, 1.165) is 41.5 Å². The number of aliphatic imine (C=N–C) groups is 1. The molecule has 156 valence electrons. The van der Waals surface area contributed by atoms with Crippen LogP contribution in [0.3, 0.4) is 0 Å². The fourth-order valence-electron chi connectivity index (χ4n) is 3.36. The minimum absolute atomic E-state index is 0. The Bertz CT molecular complexity index is 852. The number of hydrogen-bond donors (Lipinski definition) is 2. The van der Waals surface area contributed by atoms with Gasteiger partial charge in [-0.1, -0.05) is 24.3 Å². The lowest BCUT2D eigenvalue weighted by Gasteiger charge is -2.16. The number of amides is 1. The molecule has 0 unspecified atom stereocenters. The number of nitrogens with zero attached hydrogens (tertiary/aromatic N) is 2. The van der Waals surface area contributed by atoms with Crippen LogP contribution < -0.4 is 20.3 Å². The van der Waals surface area contributed by atoms with Crippen molar-refractivity contribution in [2.45, 2.75) is 32.9 Å². The highest BCUT2D eigenvalue weighted by molar-refractivity contribution is 14.0. The van der Waals surface area contributed by atoms with Crippen LogP contribution in [0, 0.1) is 6.92 Å². The van der Waals surface area contributed by atoms with Gasteiger partial charge in [-0.25, -0.2) is 0 Å². The van der Waals surface area contributed by atoms with Crippen molar-refractivity contribution in [3.63, 3.8) is 0 Å². The summed E-state index contributed by atoms with van der Waals surface area (Å²) in [5, 5.41) is 6.65. The molecule has 2 aromatic carbocycles. The van der Waals surface area contributed by atoms with Crippen LogP contribution in [0.25, 0.3) is 0 Å². The zero-order valence-electron chi connectivity index (χ0n) is 17.2. The van der Waals surface area contributed by atoms with E-state index in [9.17, 15) is 4.79 Å². The first kappa shape index (κ1) is 23.0. The monoisotopic (exact) mass is 508 g/mol. The third-order valence-electron chi connectivity index (χ3n) is 4.92. The fourth-order valence-corrected chi connectivity index (χ4v) is 3.36. The number of carbonyl (C=O) groups excluding carboxylic acids is 1. The minimum atomic E-state index is 0. The van der Waals surface area contributed by atoms with E-state index in [1.165, 1.54) is 5.56 Å². The quantitative estimate of drug-likeness (QED) is 0.356. The maximum Gasteiger partial charge on any atom is 0.227 e. The van der Waals surface area contributed by atoms with E-state index in [-0.39, 0.29) is 29.9 Å². The summed E-state index contributed by atoms with van der Waals surface area (Å²) in [6.45, 7) is 4.20. The molecule has 0 bridgehead atoms. The van der Waals surface area contributed by atoms with E-state index >= 15 is 0 Å². The molecular weight excluding hydrogens is 479 g/mol. The van der Waals surface area contributed by atoms with Crippen molar-refractivity contribution in [3.8, 4) is 5.75 Å². The Kier molecular flexibility index (Phi) is 8.75. The molecule has 0 spiro atoms. The average molecular weight is 508 g/mol. The number of carbonyl (C=O) groups is 1. The maximum absolute atomic E-state index is 11.8. The SMILES string of the molecule is CN=C(NCc1ccc(N2CCCC2=O)cc1)NCc1ccc(OC)c(C)c1.I. The van der Waals surface area contributed by atoms with E-state index in [1.54, 1.807) is 14.2 Å². The summed E-state index contributed by atoms with van der Waals surface area (Å²) in [6.07, 6.45) is 1.59. The lowest BCUT2D eigenvalue weighted by molar-refractivity contribution is -0.117. The van der Waals surface area contributed by atoms with Gasteiger partial charge in [-0.3, -0.25) is 9.79 Å². The zero-order chi connectivity index (χ0) is 19.9. The van der Waals surface area contributed by atoms with Gasteiger partial charge in [-0.2, -0.15) is 0 Å². The van der Waals surface area contributed by atoms with Crippen molar-refractivity contribution in [1.29, 1.82) is 0 Å². The van der Waals surface area contributed by atoms with Gasteiger partial charge in [0.05, 0.1) is 7.11 Å². The highest BCUT2D eigenvalue weighted by Crippen LogP contribution is 2.21. The number of benzene rings is 2. The number of ether oxygens (including phenoxy) is 1. The second-order valence-corrected chi connectivity index (χ2v) is 6.90. The minimum Gasteiger partial charge on any atom is -0.496 e. The number of aryl methyl sites for hydroxylation is 1. The van der Waals surface area contributed by atoms with Gasteiger partial charge in [0.1, 0.15) is 5.75 Å². The largest absolute Gasteiger partial charge is 0.496 e. The number of guanidine groups is 1. The summed E-state index contributed by atoms with van der Waals surface area (Å²) in [6, 6.07) is 14.3. The molecule has 0 saturated carbocycles. The third kappa shape index (κ3) is 6.09. The summed E-state index contributed by atoms with van der Waals surface area (Å²) >= 11 is 0. The fraction of sp³-hybridized carbons (Fsp3) is 0.364. The molecule has 0 aliphatic carbocycles. The highest BCUT2D eigenvalue weighted by Gasteiger charge is 2.21. The Morgan fingerprint density at radius 1 is 1.10 bits per heavy atom. The predicted molar refractivity (Wildman–Crippen MR) is 128 cm³/mol. The van der Waals surface area contributed by atoms with Gasteiger partial charge < -0.3 is 20.3 Å². The molecule has 2 N–H and O–H groups in total. The Morgan fingerprint density at radius 2 is 1.76 bits per heavy atom. The van der Waals surface area contributed by atoms with E-state index in [4.69, 9.17) is 4.74 Å². The van der Waals surface area contributed by atoms with Gasteiger partial charge in [-0.05, 0) is 48.2 Å². The van der Waals surface area contributed by atoms with E-state index in [0.29, 0.717) is 19.5 Å². The van der Waals surface area contributed by atoms with Crippen LogP contribution in [0.15, 0.2) is 47.5 Å². The second-order valence-electron chi connectivity index (χ2n) is 6.90. The smallest absolute Gasteiger partial charge is 0.227 e. The first-order valence-electron chi connectivity index (χ1n) is 9.58. The topological polar surface area (TPSA) is 66.0 Å². The Labute approximate surface area is 189 Å². The van der Waals surface area contributed by atoms with Crippen molar-refractivity contribution >= 4 is 41.5 Å². The number of halogens is 1. The van der Waals surface area contributed by atoms with Crippen molar-refractivity contribution in [3.05, 3.63) is 59.2 Å². The molecule has 6 nitrogen and oxygen atoms in total. The van der Waals surface area contributed by atoms with Crippen LogP contribution in [0.4, 0.5) is 5.69 Å². The molecule has 1 amide bonds. The lowest BCUT2D eigenvalue weighted by Crippen LogP contribution is -2.36. The van der Waals surface area contributed by atoms with Crippen LogP contribution >= 0.6 is 24.0 Å². The number of nitrogens with one attached hydrogen (secondary N) is 2. The number of methoxy groups -OCH3 is 1. The standard InChI is InChI=1S/C22H28N4O2.HI/c1-16-13-18(8-11-20(16)28-3)15-25-22(23-2)24-14-17-6-9-19(10-7-17)26-12-4-5-21(26)27;/h6-11,13H,4-5,12,14-15H2,1-3H3,(H2,23,24,25);1H. The van der Waals surface area contributed by atoms with Crippen LogP contribution in [0.5, 0.6) is 5.75 Å². The van der Waals surface area contributed by atoms with E-state index in [2.05, 4.69) is 21.7 Å². The molecule has 1 fully saturated rings. The van der Waals surface area contributed by atoms with Gasteiger partial charge in [0.2, 0.25) is 5.91 Å². The molecule has 7 heteroatoms. The Morgan fingerprint density at radius 3 is 2.31 bits per heavy atom. The number of anilines is 1. The van der Waals surface area contributed by atoms with E-state index in [1.807, 2.05) is 48.2 Å². The average Bonchev–Trinajstić information content (AvgIpc) is 3.14. The van der Waals surface area contributed by atoms with Crippen molar-refractivity contribution in [1.82, 2.24) is 10.6 Å². The van der Waals surface area contributed by atoms with Crippen LogP contribution in [0.2, 0.25) is 0 Å². The summed E-state index contributed by atoms with van der Waals surface area (Å²) in [7, 11) is 3.44. The second kappa shape index (κ2) is 11.0. The normalized spacial score (nSPS) is 13.8. The Hall–Kier alpha value is -2.29. The Balaban J connectivity index is 0.00000300. The number of hydrogen-bond acceptors (Lipinski definition) is 3. The predicted octanol–water partition coefficient (Wildman–Crippen LogP) is 3.61. The number of rotatable bonds is 6. The molecule has 0 aromatic heterocycles. The van der Waals surface area contributed by atoms with Crippen LogP contribution in [0.1, 0.15) is 29.5 Å².